The molecule has 0 aliphatic carbocycles. The van der Waals surface area contributed by atoms with Gasteiger partial charge in [0.15, 0.2) is 6.61 Å². The second-order valence-electron chi connectivity index (χ2n) is 3.23. The van der Waals surface area contributed by atoms with Crippen molar-refractivity contribution in [2.45, 2.75) is 6.92 Å². The minimum atomic E-state index is -1.14. The van der Waals surface area contributed by atoms with Crippen molar-refractivity contribution in [2.75, 3.05) is 6.61 Å². The zero-order valence-corrected chi connectivity index (χ0v) is 9.47. The van der Waals surface area contributed by atoms with Crippen molar-refractivity contribution in [2.24, 2.45) is 0 Å². The number of nitrogens with zero attached hydrogens (tertiary/aromatic N) is 1. The smallest absolute Gasteiger partial charge is 0.337 e. The van der Waals surface area contributed by atoms with Crippen LogP contribution in [0.15, 0.2) is 18.5 Å². The summed E-state index contributed by atoms with van der Waals surface area (Å²) in [5.74, 6) is -1.99. The summed E-state index contributed by atoms with van der Waals surface area (Å²) in [4.78, 5) is 35.9. The van der Waals surface area contributed by atoms with Crippen molar-refractivity contribution in [3.05, 3.63) is 24.0 Å². The third-order valence-corrected chi connectivity index (χ3v) is 1.71. The minimum Gasteiger partial charge on any atom is -0.482 e. The highest BCUT2D eigenvalue weighted by atomic mass is 16.5. The Morgan fingerprint density at radius 2 is 2.06 bits per heavy atom. The zero-order chi connectivity index (χ0) is 13.5. The van der Waals surface area contributed by atoms with Gasteiger partial charge in [0.05, 0.1) is 11.8 Å². The first-order valence-electron chi connectivity index (χ1n) is 4.85. The van der Waals surface area contributed by atoms with Gasteiger partial charge in [-0.2, -0.15) is 0 Å². The van der Waals surface area contributed by atoms with Gasteiger partial charge in [-0.3, -0.25) is 25.4 Å². The first kappa shape index (κ1) is 13.4. The average Bonchev–Trinajstić information content (AvgIpc) is 2.34. The number of rotatable bonds is 4. The van der Waals surface area contributed by atoms with E-state index in [-0.39, 0.29) is 17.9 Å². The van der Waals surface area contributed by atoms with Crippen molar-refractivity contribution in [3.63, 3.8) is 0 Å². The van der Waals surface area contributed by atoms with E-state index in [0.29, 0.717) is 0 Å². The lowest BCUT2D eigenvalue weighted by molar-refractivity contribution is -0.129. The number of aromatic carboxylic acids is 1. The molecular formula is C10H11N3O5. The van der Waals surface area contributed by atoms with Crippen LogP contribution in [-0.4, -0.2) is 34.5 Å². The summed E-state index contributed by atoms with van der Waals surface area (Å²) in [6, 6.07) is 1.24. The molecule has 96 valence electrons. The molecule has 1 aromatic rings. The second kappa shape index (κ2) is 6.18. The Morgan fingerprint density at radius 1 is 1.33 bits per heavy atom. The van der Waals surface area contributed by atoms with Crippen LogP contribution in [0.1, 0.15) is 17.3 Å². The summed E-state index contributed by atoms with van der Waals surface area (Å²) >= 11 is 0. The molecule has 0 aromatic carbocycles. The van der Waals surface area contributed by atoms with E-state index in [1.165, 1.54) is 19.2 Å². The maximum atomic E-state index is 11.2. The van der Waals surface area contributed by atoms with Gasteiger partial charge >= 0.3 is 5.97 Å². The number of ether oxygens (including phenoxy) is 1. The quantitative estimate of drug-likeness (QED) is 0.612. The van der Waals surface area contributed by atoms with Crippen LogP contribution < -0.4 is 15.6 Å². The Hall–Kier alpha value is -2.64. The van der Waals surface area contributed by atoms with Crippen LogP contribution in [0.4, 0.5) is 0 Å². The summed E-state index contributed by atoms with van der Waals surface area (Å²) < 4.78 is 5.00. The van der Waals surface area contributed by atoms with E-state index in [2.05, 4.69) is 15.8 Å². The molecule has 8 nitrogen and oxygen atoms in total. The van der Waals surface area contributed by atoms with Crippen molar-refractivity contribution < 1.29 is 24.2 Å². The number of hydrogen-bond donors (Lipinski definition) is 3. The highest BCUT2D eigenvalue weighted by molar-refractivity contribution is 5.87. The Labute approximate surface area is 102 Å². The normalized spacial score (nSPS) is 9.39. The number of amides is 2. The highest BCUT2D eigenvalue weighted by Gasteiger charge is 2.07. The molecule has 2 amide bonds. The number of nitrogens with one attached hydrogen (secondary N) is 2. The minimum absolute atomic E-state index is 0.0465. The van der Waals surface area contributed by atoms with Crippen molar-refractivity contribution >= 4 is 17.8 Å². The van der Waals surface area contributed by atoms with E-state index in [9.17, 15) is 14.4 Å². The number of carbonyl (C=O) groups excluding carboxylic acids is 2. The largest absolute Gasteiger partial charge is 0.482 e. The third kappa shape index (κ3) is 4.47. The van der Waals surface area contributed by atoms with Gasteiger partial charge in [-0.05, 0) is 6.07 Å². The van der Waals surface area contributed by atoms with Gasteiger partial charge in [0, 0.05) is 13.1 Å². The zero-order valence-electron chi connectivity index (χ0n) is 9.47. The van der Waals surface area contributed by atoms with Crippen LogP contribution in [0.2, 0.25) is 0 Å². The van der Waals surface area contributed by atoms with Gasteiger partial charge in [0.25, 0.3) is 5.91 Å². The molecule has 8 heteroatoms. The second-order valence-corrected chi connectivity index (χ2v) is 3.23. The molecule has 0 saturated heterocycles. The van der Waals surface area contributed by atoms with Gasteiger partial charge in [0.2, 0.25) is 5.91 Å². The molecule has 1 rings (SSSR count). The van der Waals surface area contributed by atoms with Crippen LogP contribution in [0.3, 0.4) is 0 Å². The van der Waals surface area contributed by atoms with Crippen molar-refractivity contribution in [3.8, 4) is 5.75 Å². The molecule has 0 radical (unpaired) electrons. The van der Waals surface area contributed by atoms with Gasteiger partial charge in [-0.1, -0.05) is 0 Å². The number of carboxylic acids is 1. The lowest BCUT2D eigenvalue weighted by Gasteiger charge is -2.07. The summed E-state index contributed by atoms with van der Waals surface area (Å²) in [6.07, 6.45) is 2.44. The molecule has 0 aliphatic heterocycles. The predicted molar refractivity (Wildman–Crippen MR) is 58.7 cm³/mol. The Balaban J connectivity index is 2.48. The fraction of sp³-hybridized carbons (Fsp3) is 0.200. The summed E-state index contributed by atoms with van der Waals surface area (Å²) in [6.45, 7) is 0.867. The maximum absolute atomic E-state index is 11.2. The van der Waals surface area contributed by atoms with Crippen molar-refractivity contribution in [1.82, 2.24) is 15.8 Å². The number of pyridine rings is 1. The lowest BCUT2D eigenvalue weighted by Crippen LogP contribution is -2.42. The van der Waals surface area contributed by atoms with Crippen LogP contribution in [0, 0.1) is 0 Å². The molecule has 1 aromatic heterocycles. The summed E-state index contributed by atoms with van der Waals surface area (Å²) in [5, 5.41) is 8.71. The molecule has 3 N–H and O–H groups in total. The lowest BCUT2D eigenvalue weighted by atomic mass is 10.3. The standard InChI is InChI=1S/C10H11N3O5/c1-6(14)12-13-9(15)5-18-8-2-7(10(16)17)3-11-4-8/h2-4H,5H2,1H3,(H,12,14)(H,13,15)(H,16,17). The maximum Gasteiger partial charge on any atom is 0.337 e. The van der Waals surface area contributed by atoms with Crippen LogP contribution in [-0.2, 0) is 9.59 Å². The van der Waals surface area contributed by atoms with Gasteiger partial charge in [-0.25, -0.2) is 4.79 Å². The number of carbonyl (C=O) groups is 3. The molecule has 0 atom stereocenters. The van der Waals surface area contributed by atoms with Gasteiger partial charge < -0.3 is 9.84 Å². The Morgan fingerprint density at radius 3 is 2.67 bits per heavy atom. The monoisotopic (exact) mass is 253 g/mol. The molecule has 0 unspecified atom stereocenters. The van der Waals surface area contributed by atoms with Gasteiger partial charge in [-0.15, -0.1) is 0 Å². The Bertz CT molecular complexity index is 474. The van der Waals surface area contributed by atoms with E-state index in [0.717, 1.165) is 6.20 Å². The first-order valence-corrected chi connectivity index (χ1v) is 4.85. The van der Waals surface area contributed by atoms with Gasteiger partial charge in [0.1, 0.15) is 5.75 Å². The third-order valence-electron chi connectivity index (χ3n) is 1.71. The molecule has 0 bridgehead atoms. The van der Waals surface area contributed by atoms with Crippen LogP contribution in [0.25, 0.3) is 0 Å². The van der Waals surface area contributed by atoms with E-state index < -0.39 is 17.8 Å². The number of hydrazine groups is 1. The van der Waals surface area contributed by atoms with E-state index in [4.69, 9.17) is 9.84 Å². The molecule has 0 fully saturated rings. The first-order chi connectivity index (χ1) is 8.49. The number of aromatic nitrogens is 1. The number of carboxylic acid groups (broad SMARTS) is 1. The molecule has 0 aliphatic rings. The Kier molecular flexibility index (Phi) is 4.61. The average molecular weight is 253 g/mol. The van der Waals surface area contributed by atoms with E-state index in [1.807, 2.05) is 0 Å². The fourth-order valence-corrected chi connectivity index (χ4v) is 0.957. The number of hydrogen-bond acceptors (Lipinski definition) is 5. The fourth-order valence-electron chi connectivity index (χ4n) is 0.957. The molecule has 1 heterocycles. The molecular weight excluding hydrogens is 242 g/mol. The topological polar surface area (TPSA) is 118 Å². The van der Waals surface area contributed by atoms with E-state index in [1.54, 1.807) is 0 Å². The highest BCUT2D eigenvalue weighted by Crippen LogP contribution is 2.10. The van der Waals surface area contributed by atoms with E-state index >= 15 is 0 Å². The molecule has 0 saturated carbocycles. The van der Waals surface area contributed by atoms with Crippen LogP contribution >= 0.6 is 0 Å². The van der Waals surface area contributed by atoms with Crippen molar-refractivity contribution in [1.29, 1.82) is 0 Å². The molecule has 18 heavy (non-hydrogen) atoms. The summed E-state index contributed by atoms with van der Waals surface area (Å²) in [5.41, 5.74) is 4.13. The molecule has 0 spiro atoms. The predicted octanol–water partition coefficient (Wildman–Crippen LogP) is -0.674. The SMILES string of the molecule is CC(=O)NNC(=O)COc1cncc(C(=O)O)c1. The summed E-state index contributed by atoms with van der Waals surface area (Å²) in [7, 11) is 0. The van der Waals surface area contributed by atoms with Crippen LogP contribution in [0.5, 0.6) is 5.75 Å².